The zero-order valence-corrected chi connectivity index (χ0v) is 14.3. The number of aliphatic hydroxyl groups is 1. The van der Waals surface area contributed by atoms with Crippen molar-refractivity contribution in [2.24, 2.45) is 5.92 Å². The van der Waals surface area contributed by atoms with Crippen molar-refractivity contribution in [1.29, 1.82) is 0 Å². The number of halogens is 1. The van der Waals surface area contributed by atoms with E-state index in [1.165, 1.54) is 0 Å². The molecule has 1 heterocycles. The lowest BCUT2D eigenvalue weighted by molar-refractivity contribution is -0.117. The largest absolute Gasteiger partial charge is 0.393 e. The van der Waals surface area contributed by atoms with Crippen LogP contribution >= 0.6 is 11.6 Å². The van der Waals surface area contributed by atoms with Gasteiger partial charge in [0.2, 0.25) is 5.91 Å². The molecule has 0 bridgehead atoms. The number of benzene rings is 1. The number of anilines is 1. The molecule has 2 atom stereocenters. The van der Waals surface area contributed by atoms with E-state index < -0.39 is 6.10 Å². The maximum absolute atomic E-state index is 12.5. The molecule has 0 aliphatic carbocycles. The lowest BCUT2D eigenvalue weighted by atomic mass is 10.0. The Labute approximate surface area is 141 Å². The Morgan fingerprint density at radius 3 is 2.78 bits per heavy atom. The Hall–Kier alpha value is -1.59. The van der Waals surface area contributed by atoms with E-state index in [-0.39, 0.29) is 17.7 Å². The Morgan fingerprint density at radius 2 is 2.17 bits per heavy atom. The number of carbonyl (C=O) groups is 2. The molecule has 2 unspecified atom stereocenters. The standard InChI is InChI=1S/C17H23ClN2O3/c1-11(8-12(2)21)10-19-17(23)14-6-5-13(18)9-15(14)20-7-3-4-16(20)22/h5-6,9,11-12,21H,3-4,7-8,10H2,1-2H3,(H,19,23). The molecule has 1 fully saturated rings. The highest BCUT2D eigenvalue weighted by atomic mass is 35.5. The van der Waals surface area contributed by atoms with E-state index in [2.05, 4.69) is 5.32 Å². The Bertz CT molecular complexity index is 589. The molecule has 0 aromatic heterocycles. The number of hydrogen-bond donors (Lipinski definition) is 2. The van der Waals surface area contributed by atoms with Gasteiger partial charge in [-0.2, -0.15) is 0 Å². The van der Waals surface area contributed by atoms with Gasteiger partial charge in [-0.15, -0.1) is 0 Å². The molecule has 1 aromatic rings. The van der Waals surface area contributed by atoms with Crippen LogP contribution in [-0.2, 0) is 4.79 Å². The van der Waals surface area contributed by atoms with E-state index >= 15 is 0 Å². The second kappa shape index (κ2) is 7.79. The number of hydrogen-bond acceptors (Lipinski definition) is 3. The van der Waals surface area contributed by atoms with Crippen molar-refractivity contribution < 1.29 is 14.7 Å². The van der Waals surface area contributed by atoms with Gasteiger partial charge in [0.05, 0.1) is 17.4 Å². The Morgan fingerprint density at radius 1 is 1.43 bits per heavy atom. The van der Waals surface area contributed by atoms with Gasteiger partial charge in [0.15, 0.2) is 0 Å². The highest BCUT2D eigenvalue weighted by Gasteiger charge is 2.26. The zero-order chi connectivity index (χ0) is 17.0. The normalized spacial score (nSPS) is 17.2. The molecule has 23 heavy (non-hydrogen) atoms. The van der Waals surface area contributed by atoms with Crippen molar-refractivity contribution in [3.63, 3.8) is 0 Å². The van der Waals surface area contributed by atoms with Gasteiger partial charge in [0.25, 0.3) is 5.91 Å². The molecular weight excluding hydrogens is 316 g/mol. The summed E-state index contributed by atoms with van der Waals surface area (Å²) >= 11 is 6.03. The number of amides is 2. The molecule has 5 nitrogen and oxygen atoms in total. The van der Waals surface area contributed by atoms with Crippen LogP contribution < -0.4 is 10.2 Å². The van der Waals surface area contributed by atoms with Gasteiger partial charge in [-0.1, -0.05) is 18.5 Å². The lowest BCUT2D eigenvalue weighted by Crippen LogP contribution is -2.32. The van der Waals surface area contributed by atoms with E-state index in [1.54, 1.807) is 30.0 Å². The van der Waals surface area contributed by atoms with Crippen LogP contribution in [0.15, 0.2) is 18.2 Å². The van der Waals surface area contributed by atoms with E-state index in [1.807, 2.05) is 6.92 Å². The molecule has 0 spiro atoms. The summed E-state index contributed by atoms with van der Waals surface area (Å²) in [6, 6.07) is 4.97. The Balaban J connectivity index is 2.12. The molecule has 2 N–H and O–H groups in total. The summed E-state index contributed by atoms with van der Waals surface area (Å²) < 4.78 is 0. The van der Waals surface area contributed by atoms with Crippen LogP contribution in [0.1, 0.15) is 43.5 Å². The number of nitrogens with one attached hydrogen (secondary N) is 1. The fourth-order valence-electron chi connectivity index (χ4n) is 2.85. The van der Waals surface area contributed by atoms with Crippen LogP contribution in [0.2, 0.25) is 5.02 Å². The lowest BCUT2D eigenvalue weighted by Gasteiger charge is -2.20. The molecule has 2 amide bonds. The molecule has 1 aliphatic rings. The highest BCUT2D eigenvalue weighted by molar-refractivity contribution is 6.31. The van der Waals surface area contributed by atoms with Crippen molar-refractivity contribution in [3.8, 4) is 0 Å². The summed E-state index contributed by atoms with van der Waals surface area (Å²) in [7, 11) is 0. The summed E-state index contributed by atoms with van der Waals surface area (Å²) in [6.45, 7) is 4.78. The predicted molar refractivity (Wildman–Crippen MR) is 90.8 cm³/mol. The molecule has 0 radical (unpaired) electrons. The third kappa shape index (κ3) is 4.69. The first-order valence-corrected chi connectivity index (χ1v) is 8.32. The van der Waals surface area contributed by atoms with Crippen molar-refractivity contribution in [1.82, 2.24) is 5.32 Å². The van der Waals surface area contributed by atoms with Gasteiger partial charge in [-0.3, -0.25) is 9.59 Å². The van der Waals surface area contributed by atoms with E-state index in [4.69, 9.17) is 11.6 Å². The molecule has 2 rings (SSSR count). The number of carbonyl (C=O) groups excluding carboxylic acids is 2. The Kier molecular flexibility index (Phi) is 6.02. The van der Waals surface area contributed by atoms with Crippen LogP contribution in [0.25, 0.3) is 0 Å². The van der Waals surface area contributed by atoms with Gasteiger partial charge in [-0.05, 0) is 43.9 Å². The minimum atomic E-state index is -0.393. The highest BCUT2D eigenvalue weighted by Crippen LogP contribution is 2.28. The van der Waals surface area contributed by atoms with Crippen LogP contribution in [-0.4, -0.2) is 36.1 Å². The topological polar surface area (TPSA) is 69.6 Å². The number of aliphatic hydroxyl groups excluding tert-OH is 1. The van der Waals surface area contributed by atoms with Gasteiger partial charge >= 0.3 is 0 Å². The third-order valence-corrected chi connectivity index (χ3v) is 4.16. The van der Waals surface area contributed by atoms with Gasteiger partial charge in [-0.25, -0.2) is 0 Å². The van der Waals surface area contributed by atoms with Crippen molar-refractivity contribution in [3.05, 3.63) is 28.8 Å². The number of rotatable bonds is 6. The smallest absolute Gasteiger partial charge is 0.253 e. The second-order valence-electron chi connectivity index (χ2n) is 6.21. The van der Waals surface area contributed by atoms with Crippen molar-refractivity contribution >= 4 is 29.1 Å². The van der Waals surface area contributed by atoms with Crippen molar-refractivity contribution in [2.45, 2.75) is 39.2 Å². The van der Waals surface area contributed by atoms with E-state index in [0.717, 1.165) is 6.42 Å². The van der Waals surface area contributed by atoms with Gasteiger partial charge in [0, 0.05) is 24.5 Å². The van der Waals surface area contributed by atoms with Crippen LogP contribution in [0.4, 0.5) is 5.69 Å². The summed E-state index contributed by atoms with van der Waals surface area (Å²) in [4.78, 5) is 26.1. The van der Waals surface area contributed by atoms with Crippen LogP contribution in [0.5, 0.6) is 0 Å². The first-order valence-electron chi connectivity index (χ1n) is 7.94. The molecule has 6 heteroatoms. The average Bonchev–Trinajstić information content (AvgIpc) is 2.90. The SMILES string of the molecule is CC(O)CC(C)CNC(=O)c1ccc(Cl)cc1N1CCCC1=O. The quantitative estimate of drug-likeness (QED) is 0.837. The predicted octanol–water partition coefficient (Wildman–Crippen LogP) is 2.60. The summed E-state index contributed by atoms with van der Waals surface area (Å²) in [5.74, 6) is -0.0410. The maximum atomic E-state index is 12.5. The fourth-order valence-corrected chi connectivity index (χ4v) is 3.02. The molecular formula is C17H23ClN2O3. The fraction of sp³-hybridized carbons (Fsp3) is 0.529. The molecule has 1 aromatic carbocycles. The van der Waals surface area contributed by atoms with Crippen molar-refractivity contribution in [2.75, 3.05) is 18.0 Å². The molecule has 0 saturated carbocycles. The monoisotopic (exact) mass is 338 g/mol. The molecule has 1 aliphatic heterocycles. The first-order chi connectivity index (χ1) is 10.9. The first kappa shape index (κ1) is 17.8. The third-order valence-electron chi connectivity index (χ3n) is 3.92. The number of nitrogens with zero attached hydrogens (tertiary/aromatic N) is 1. The molecule has 126 valence electrons. The van der Waals surface area contributed by atoms with Crippen LogP contribution in [0.3, 0.4) is 0 Å². The summed E-state index contributed by atoms with van der Waals surface area (Å²) in [5.41, 5.74) is 1.02. The second-order valence-corrected chi connectivity index (χ2v) is 6.65. The van der Waals surface area contributed by atoms with Crippen LogP contribution in [0, 0.1) is 5.92 Å². The van der Waals surface area contributed by atoms with Gasteiger partial charge < -0.3 is 15.3 Å². The minimum absolute atomic E-state index is 0.0174. The molecule has 1 saturated heterocycles. The van der Waals surface area contributed by atoms with E-state index in [0.29, 0.717) is 42.2 Å². The summed E-state index contributed by atoms with van der Waals surface area (Å²) in [5, 5.41) is 12.8. The summed E-state index contributed by atoms with van der Waals surface area (Å²) in [6.07, 6.45) is 1.52. The minimum Gasteiger partial charge on any atom is -0.393 e. The average molecular weight is 339 g/mol. The van der Waals surface area contributed by atoms with E-state index in [9.17, 15) is 14.7 Å². The zero-order valence-electron chi connectivity index (χ0n) is 13.5. The van der Waals surface area contributed by atoms with Gasteiger partial charge in [0.1, 0.15) is 0 Å². The maximum Gasteiger partial charge on any atom is 0.253 e.